The molecule has 2 rings (SSSR count). The van der Waals surface area contributed by atoms with Crippen LogP contribution in [0.1, 0.15) is 156 Å². The lowest BCUT2D eigenvalue weighted by Crippen LogP contribution is -2.43. The van der Waals surface area contributed by atoms with E-state index < -0.39 is 52.5 Å². The molecule has 0 N–H and O–H groups in total. The molecule has 7 atom stereocenters. The highest BCUT2D eigenvalue weighted by atomic mass is 16.6. The van der Waals surface area contributed by atoms with E-state index in [9.17, 15) is 24.4 Å². The van der Waals surface area contributed by atoms with Crippen molar-refractivity contribution in [1.29, 1.82) is 10.5 Å². The van der Waals surface area contributed by atoms with E-state index >= 15 is 0 Å². The van der Waals surface area contributed by atoms with E-state index in [0.717, 1.165) is 42.9 Å². The number of carbonyl (C=O) groups excluding carboxylic acids is 4. The van der Waals surface area contributed by atoms with E-state index in [1.54, 1.807) is 27.7 Å². The summed E-state index contributed by atoms with van der Waals surface area (Å²) in [6.07, 6.45) is 6.99. The zero-order chi connectivity index (χ0) is 39.4. The number of cyclic esters (lactones) is 4. The number of carbonyl (C=O) groups is 4. The van der Waals surface area contributed by atoms with E-state index in [1.165, 1.54) is 19.3 Å². The fraction of sp³-hybridized carbons (Fsp3) is 0.857. The summed E-state index contributed by atoms with van der Waals surface area (Å²) in [4.78, 5) is 46.7. The predicted molar refractivity (Wildman–Crippen MR) is 199 cm³/mol. The minimum Gasteiger partial charge on any atom is -0.393 e. The molecule has 0 radical (unpaired) electrons. The number of nitrogens with zero attached hydrogens (tertiary/aromatic N) is 2. The molecule has 0 amide bonds. The van der Waals surface area contributed by atoms with E-state index in [-0.39, 0.29) is 11.8 Å². The van der Waals surface area contributed by atoms with Gasteiger partial charge in [0.05, 0.1) is 47.1 Å². The highest BCUT2D eigenvalue weighted by molar-refractivity contribution is 5.97. The maximum absolute atomic E-state index is 12.6. The van der Waals surface area contributed by atoms with Crippen LogP contribution in [-0.2, 0) is 28.7 Å². The van der Waals surface area contributed by atoms with E-state index in [0.29, 0.717) is 17.8 Å². The zero-order valence-electron chi connectivity index (χ0n) is 34.6. The van der Waals surface area contributed by atoms with Crippen LogP contribution in [-0.4, -0.2) is 23.9 Å². The first kappa shape index (κ1) is 47.3. The largest absolute Gasteiger partial charge is 0.393 e. The van der Waals surface area contributed by atoms with Gasteiger partial charge in [0, 0.05) is 0 Å². The maximum atomic E-state index is 12.6. The van der Waals surface area contributed by atoms with Crippen molar-refractivity contribution in [3.05, 3.63) is 0 Å². The average Bonchev–Trinajstić information content (AvgIpc) is 3.44. The minimum atomic E-state index is -0.923. The van der Waals surface area contributed by atoms with Crippen molar-refractivity contribution in [3.8, 4) is 12.1 Å². The van der Waals surface area contributed by atoms with Crippen LogP contribution in [0.2, 0.25) is 0 Å². The van der Waals surface area contributed by atoms with Crippen molar-refractivity contribution in [1.82, 2.24) is 0 Å². The summed E-state index contributed by atoms with van der Waals surface area (Å²) < 4.78 is 9.37. The topological polar surface area (TPSA) is 134 Å². The molecule has 0 spiro atoms. The van der Waals surface area contributed by atoms with Gasteiger partial charge in [-0.25, -0.2) is 0 Å². The Morgan fingerprint density at radius 1 is 0.560 bits per heavy atom. The van der Waals surface area contributed by atoms with Gasteiger partial charge in [-0.15, -0.1) is 0 Å². The molecule has 0 aromatic carbocycles. The van der Waals surface area contributed by atoms with Gasteiger partial charge in [0.15, 0.2) is 0 Å². The summed E-state index contributed by atoms with van der Waals surface area (Å²) >= 11 is 0. The molecule has 2 aliphatic heterocycles. The van der Waals surface area contributed by atoms with Gasteiger partial charge >= 0.3 is 23.9 Å². The second-order valence-corrected chi connectivity index (χ2v) is 18.8. The molecule has 0 aromatic heterocycles. The van der Waals surface area contributed by atoms with Gasteiger partial charge in [-0.05, 0) is 113 Å². The number of nitriles is 2. The summed E-state index contributed by atoms with van der Waals surface area (Å²) in [7, 11) is 0. The molecule has 0 saturated carbocycles. The third-order valence-corrected chi connectivity index (χ3v) is 10.0. The molecule has 2 saturated heterocycles. The van der Waals surface area contributed by atoms with Crippen LogP contribution in [0, 0.1) is 98.1 Å². The molecule has 286 valence electrons. The Morgan fingerprint density at radius 2 is 0.980 bits per heavy atom. The quantitative estimate of drug-likeness (QED) is 0.122. The number of ether oxygens (including phenoxy) is 2. The number of esters is 4. The van der Waals surface area contributed by atoms with Crippen molar-refractivity contribution in [3.63, 3.8) is 0 Å². The van der Waals surface area contributed by atoms with Crippen LogP contribution >= 0.6 is 0 Å². The summed E-state index contributed by atoms with van der Waals surface area (Å²) in [5.74, 6) is 1.03. The Hall–Kier alpha value is -2.74. The highest BCUT2D eigenvalue weighted by Crippen LogP contribution is 2.52. The first-order chi connectivity index (χ1) is 22.7. The van der Waals surface area contributed by atoms with Gasteiger partial charge < -0.3 is 9.47 Å². The maximum Gasteiger partial charge on any atom is 0.319 e. The third-order valence-electron chi connectivity index (χ3n) is 10.0. The van der Waals surface area contributed by atoms with Gasteiger partial charge in [0.1, 0.15) is 0 Å². The lowest BCUT2D eigenvalue weighted by molar-refractivity contribution is -0.156. The number of hydrogen-bond acceptors (Lipinski definition) is 8. The summed E-state index contributed by atoms with van der Waals surface area (Å²) in [6.45, 7) is 33.8. The first-order valence-corrected chi connectivity index (χ1v) is 19.0. The SMILES string of the molecule is CC(C)(C#N)C1CC(=O)OC1=O.CC(C)CC(C)CC(C)(CC(C)C)C1C(=O)OC(=O)C1C(C)(C)C#N.CC(C)CC(C)CC(C)CC(C)C. The van der Waals surface area contributed by atoms with Gasteiger partial charge in [-0.1, -0.05) is 83.1 Å². The van der Waals surface area contributed by atoms with Gasteiger partial charge in [-0.2, -0.15) is 10.5 Å². The molecule has 0 aromatic rings. The minimum absolute atomic E-state index is 0.0272. The number of rotatable bonds is 15. The Balaban J connectivity index is 0.000000804. The van der Waals surface area contributed by atoms with E-state index in [2.05, 4.69) is 93.9 Å². The Labute approximate surface area is 305 Å². The standard InChI is InChI=1S/C21H35NO3.C13H28.C8H9NO3/c1-13(2)9-15(5)11-21(8,10-14(3)4)17-16(20(6,7)12-22)18(23)25-19(17)24;1-10(2)7-12(5)9-13(6)8-11(3)4;1-8(2,4-9)5-3-6(10)12-7(5)11/h13-17H,9-11H2,1-8H3;10-13H,7-9H2,1-6H3;5H,3H2,1-2H3. The second kappa shape index (κ2) is 20.3. The fourth-order valence-corrected chi connectivity index (χ4v) is 8.51. The van der Waals surface area contributed by atoms with Crippen LogP contribution < -0.4 is 0 Å². The van der Waals surface area contributed by atoms with Gasteiger partial charge in [0.25, 0.3) is 0 Å². The molecule has 2 fully saturated rings. The molecule has 0 bridgehead atoms. The second-order valence-electron chi connectivity index (χ2n) is 18.8. The Morgan fingerprint density at radius 3 is 1.34 bits per heavy atom. The third kappa shape index (κ3) is 15.7. The Bertz CT molecular complexity index is 1190. The normalized spacial score (nSPS) is 22.5. The van der Waals surface area contributed by atoms with Gasteiger partial charge in [-0.3, -0.25) is 19.2 Å². The lowest BCUT2D eigenvalue weighted by Gasteiger charge is -2.41. The van der Waals surface area contributed by atoms with Crippen LogP contribution in [0.3, 0.4) is 0 Å². The molecule has 8 heteroatoms. The van der Waals surface area contributed by atoms with Crippen molar-refractivity contribution in [2.24, 2.45) is 75.4 Å². The average molecular weight is 701 g/mol. The van der Waals surface area contributed by atoms with Crippen molar-refractivity contribution in [2.45, 2.75) is 156 Å². The highest BCUT2D eigenvalue weighted by Gasteiger charge is 2.59. The zero-order valence-corrected chi connectivity index (χ0v) is 34.6. The molecule has 0 aliphatic carbocycles. The summed E-state index contributed by atoms with van der Waals surface area (Å²) in [6, 6.07) is 4.20. The molecular weight excluding hydrogens is 628 g/mol. The predicted octanol–water partition coefficient (Wildman–Crippen LogP) is 10.3. The van der Waals surface area contributed by atoms with Crippen molar-refractivity contribution in [2.75, 3.05) is 0 Å². The van der Waals surface area contributed by atoms with Crippen molar-refractivity contribution >= 4 is 23.9 Å². The van der Waals surface area contributed by atoms with E-state index in [4.69, 9.17) is 10.00 Å². The fourth-order valence-electron chi connectivity index (χ4n) is 8.51. The molecule has 50 heavy (non-hydrogen) atoms. The summed E-state index contributed by atoms with van der Waals surface area (Å²) in [5.41, 5.74) is -2.10. The number of hydrogen-bond donors (Lipinski definition) is 0. The van der Waals surface area contributed by atoms with Crippen LogP contribution in [0.5, 0.6) is 0 Å². The lowest BCUT2D eigenvalue weighted by atomic mass is 9.59. The molecule has 2 aliphatic rings. The van der Waals surface area contributed by atoms with Gasteiger partial charge in [0.2, 0.25) is 0 Å². The first-order valence-electron chi connectivity index (χ1n) is 19.0. The van der Waals surface area contributed by atoms with E-state index in [1.807, 2.05) is 6.07 Å². The Kier molecular flexibility index (Phi) is 19.2. The van der Waals surface area contributed by atoms with Crippen LogP contribution in [0.25, 0.3) is 0 Å². The van der Waals surface area contributed by atoms with Crippen molar-refractivity contribution < 1.29 is 28.7 Å². The molecule has 2 heterocycles. The molecule has 7 unspecified atom stereocenters. The van der Waals surface area contributed by atoms with Crippen LogP contribution in [0.4, 0.5) is 0 Å². The molecular formula is C42H72N2O6. The smallest absolute Gasteiger partial charge is 0.319 e. The molecule has 8 nitrogen and oxygen atoms in total. The monoisotopic (exact) mass is 701 g/mol. The van der Waals surface area contributed by atoms with Crippen LogP contribution in [0.15, 0.2) is 0 Å². The summed E-state index contributed by atoms with van der Waals surface area (Å²) in [5, 5.41) is 18.2.